The van der Waals surface area contributed by atoms with Crippen LogP contribution in [0.2, 0.25) is 0 Å². The molecule has 0 radical (unpaired) electrons. The van der Waals surface area contributed by atoms with E-state index in [4.69, 9.17) is 14.6 Å². The quantitative estimate of drug-likeness (QED) is 0.422. The lowest BCUT2D eigenvalue weighted by atomic mass is 10.1. The fraction of sp³-hybridized carbons (Fsp3) is 0.357. The van der Waals surface area contributed by atoms with Crippen LogP contribution in [-0.4, -0.2) is 42.9 Å². The maximum absolute atomic E-state index is 10.5. The van der Waals surface area contributed by atoms with E-state index in [1.54, 1.807) is 7.05 Å². The molecule has 35 heavy (non-hydrogen) atoms. The highest BCUT2D eigenvalue weighted by Crippen LogP contribution is 2.32. The summed E-state index contributed by atoms with van der Waals surface area (Å²) in [7, 11) is 3.73. The average Bonchev–Trinajstić information content (AvgIpc) is 2.89. The number of aryl methyl sites for hydroxylation is 1. The molecule has 4 rings (SSSR count). The van der Waals surface area contributed by atoms with Crippen molar-refractivity contribution in [1.29, 1.82) is 0 Å². The molecule has 0 atom stereocenters. The molecule has 1 aliphatic heterocycles. The van der Waals surface area contributed by atoms with Gasteiger partial charge in [0.05, 0.1) is 30.2 Å². The number of aromatic nitrogens is 1. The van der Waals surface area contributed by atoms with Crippen LogP contribution >= 0.6 is 0 Å². The molecule has 7 nitrogen and oxygen atoms in total. The number of fused-ring (bicyclic) bond motifs is 1. The van der Waals surface area contributed by atoms with Gasteiger partial charge in [0.25, 0.3) is 0 Å². The first-order valence-corrected chi connectivity index (χ1v) is 12.0. The number of carboxylic acids is 1. The van der Waals surface area contributed by atoms with Gasteiger partial charge in [-0.3, -0.25) is 4.98 Å². The lowest BCUT2D eigenvalue weighted by molar-refractivity contribution is 0.0698. The predicted octanol–water partition coefficient (Wildman–Crippen LogP) is 6.41. The number of benzene rings is 2. The molecule has 0 fully saturated rings. The zero-order valence-electron chi connectivity index (χ0n) is 21.5. The molecule has 188 valence electrons. The number of rotatable bonds is 6. The molecule has 0 aliphatic carbocycles. The number of aromatic carboxylic acids is 1. The first-order valence-electron chi connectivity index (χ1n) is 12.0. The SMILES string of the molecule is CC.CC(C)Oc1ccc(N(C)c2ccc3c(c2)OCCC3)cc1.CNc1cnccc1C(=O)O. The maximum Gasteiger partial charge on any atom is 0.337 e. The molecule has 1 aliphatic rings. The van der Waals surface area contributed by atoms with Crippen LogP contribution in [0.25, 0.3) is 0 Å². The van der Waals surface area contributed by atoms with E-state index in [2.05, 4.69) is 52.6 Å². The number of nitrogens with zero attached hydrogens (tertiary/aromatic N) is 2. The Morgan fingerprint density at radius 1 is 1.11 bits per heavy atom. The topological polar surface area (TPSA) is 83.9 Å². The van der Waals surface area contributed by atoms with Crippen LogP contribution in [0, 0.1) is 0 Å². The van der Waals surface area contributed by atoms with Gasteiger partial charge in [0.15, 0.2) is 0 Å². The Morgan fingerprint density at radius 3 is 2.40 bits per heavy atom. The Morgan fingerprint density at radius 2 is 1.80 bits per heavy atom. The molecule has 7 heteroatoms. The van der Waals surface area contributed by atoms with E-state index in [1.165, 1.54) is 24.0 Å². The normalized spacial score (nSPS) is 11.5. The van der Waals surface area contributed by atoms with E-state index < -0.39 is 5.97 Å². The molecule has 0 spiro atoms. The minimum absolute atomic E-state index is 0.196. The van der Waals surface area contributed by atoms with E-state index in [1.807, 2.05) is 39.8 Å². The number of hydrogen-bond donors (Lipinski definition) is 2. The van der Waals surface area contributed by atoms with Gasteiger partial charge in [-0.05, 0) is 68.7 Å². The largest absolute Gasteiger partial charge is 0.493 e. The first kappa shape index (κ1) is 27.5. The smallest absolute Gasteiger partial charge is 0.337 e. The summed E-state index contributed by atoms with van der Waals surface area (Å²) < 4.78 is 11.5. The summed E-state index contributed by atoms with van der Waals surface area (Å²) in [6.07, 6.45) is 5.34. The second-order valence-electron chi connectivity index (χ2n) is 7.94. The molecule has 0 bridgehead atoms. The van der Waals surface area contributed by atoms with Crippen LogP contribution in [0.15, 0.2) is 60.9 Å². The number of anilines is 3. The highest BCUT2D eigenvalue weighted by atomic mass is 16.5. The van der Waals surface area contributed by atoms with Gasteiger partial charge in [-0.15, -0.1) is 0 Å². The van der Waals surface area contributed by atoms with E-state index in [-0.39, 0.29) is 11.7 Å². The van der Waals surface area contributed by atoms with Gasteiger partial charge in [0.1, 0.15) is 11.5 Å². The lowest BCUT2D eigenvalue weighted by Crippen LogP contribution is -2.12. The van der Waals surface area contributed by atoms with Gasteiger partial charge in [0.2, 0.25) is 0 Å². The van der Waals surface area contributed by atoms with Gasteiger partial charge < -0.3 is 24.8 Å². The average molecular weight is 480 g/mol. The molecule has 0 amide bonds. The predicted molar refractivity (Wildman–Crippen MR) is 143 cm³/mol. The molecule has 1 aromatic heterocycles. The van der Waals surface area contributed by atoms with Gasteiger partial charge in [0, 0.05) is 37.7 Å². The molecule has 0 saturated carbocycles. The highest BCUT2D eigenvalue weighted by molar-refractivity contribution is 5.93. The summed E-state index contributed by atoms with van der Waals surface area (Å²) in [4.78, 5) is 16.4. The van der Waals surface area contributed by atoms with E-state index >= 15 is 0 Å². The molecule has 2 N–H and O–H groups in total. The Bertz CT molecular complexity index is 1070. The molecular formula is C28H37N3O4. The summed E-state index contributed by atoms with van der Waals surface area (Å²) in [5.41, 5.74) is 4.34. The number of pyridine rings is 1. The molecular weight excluding hydrogens is 442 g/mol. The second kappa shape index (κ2) is 13.8. The summed E-state index contributed by atoms with van der Waals surface area (Å²) in [6.45, 7) is 8.89. The van der Waals surface area contributed by atoms with Crippen LogP contribution in [-0.2, 0) is 6.42 Å². The van der Waals surface area contributed by atoms with Gasteiger partial charge in [-0.1, -0.05) is 19.9 Å². The van der Waals surface area contributed by atoms with Crippen molar-refractivity contribution in [3.8, 4) is 11.5 Å². The monoisotopic (exact) mass is 479 g/mol. The lowest BCUT2D eigenvalue weighted by Gasteiger charge is -2.23. The van der Waals surface area contributed by atoms with Crippen molar-refractivity contribution in [1.82, 2.24) is 4.98 Å². The maximum atomic E-state index is 10.5. The van der Waals surface area contributed by atoms with E-state index in [9.17, 15) is 4.79 Å². The van der Waals surface area contributed by atoms with Crippen LogP contribution < -0.4 is 19.7 Å². The zero-order valence-corrected chi connectivity index (χ0v) is 21.5. The number of hydrogen-bond acceptors (Lipinski definition) is 6. The Balaban J connectivity index is 0.000000280. The molecule has 0 saturated heterocycles. The molecule has 2 aromatic carbocycles. The Kier molecular flexibility index (Phi) is 10.9. The minimum atomic E-state index is -0.947. The van der Waals surface area contributed by atoms with Crippen molar-refractivity contribution in [2.45, 2.75) is 46.6 Å². The van der Waals surface area contributed by atoms with Crippen molar-refractivity contribution in [3.05, 3.63) is 72.1 Å². The summed E-state index contributed by atoms with van der Waals surface area (Å²) in [6, 6.07) is 16.1. The summed E-state index contributed by atoms with van der Waals surface area (Å²) in [5.74, 6) is 0.980. The number of nitrogens with one attached hydrogen (secondary N) is 1. The third-order valence-corrected chi connectivity index (χ3v) is 5.20. The van der Waals surface area contributed by atoms with E-state index in [0.717, 1.165) is 42.3 Å². The first-order chi connectivity index (χ1) is 16.9. The van der Waals surface area contributed by atoms with Gasteiger partial charge in [-0.2, -0.15) is 0 Å². The number of carbonyl (C=O) groups is 1. The fourth-order valence-electron chi connectivity index (χ4n) is 3.49. The number of carboxylic acid groups (broad SMARTS) is 1. The van der Waals surface area contributed by atoms with Crippen molar-refractivity contribution in [2.75, 3.05) is 30.9 Å². The minimum Gasteiger partial charge on any atom is -0.493 e. The second-order valence-corrected chi connectivity index (χ2v) is 7.94. The zero-order chi connectivity index (χ0) is 25.8. The summed E-state index contributed by atoms with van der Waals surface area (Å²) in [5, 5.41) is 11.4. The summed E-state index contributed by atoms with van der Waals surface area (Å²) >= 11 is 0. The molecule has 3 aromatic rings. The highest BCUT2D eigenvalue weighted by Gasteiger charge is 2.13. The Labute approximate surface area is 208 Å². The third kappa shape index (κ3) is 7.91. The molecule has 0 unspecified atom stereocenters. The van der Waals surface area contributed by atoms with E-state index in [0.29, 0.717) is 5.69 Å². The standard InChI is InChI=1S/C19H23NO2.C7H8N2O2.C2H6/c1-14(2)22-18-10-8-16(9-11-18)20(3)17-7-6-15-5-4-12-21-19(15)13-17;1-8-6-4-9-3-2-5(6)7(10)11;1-2/h6-11,13-14H,4-5,12H2,1-3H3;2-4,8H,1H3,(H,10,11);1-2H3. The fourth-order valence-corrected chi connectivity index (χ4v) is 3.49. The van der Waals surface area contributed by atoms with Crippen molar-refractivity contribution < 1.29 is 19.4 Å². The van der Waals surface area contributed by atoms with Gasteiger partial charge in [-0.25, -0.2) is 4.79 Å². The van der Waals surface area contributed by atoms with Crippen LogP contribution in [0.4, 0.5) is 17.1 Å². The van der Waals surface area contributed by atoms with Crippen LogP contribution in [0.3, 0.4) is 0 Å². The van der Waals surface area contributed by atoms with Crippen LogP contribution in [0.1, 0.15) is 50.0 Å². The van der Waals surface area contributed by atoms with Gasteiger partial charge >= 0.3 is 5.97 Å². The van der Waals surface area contributed by atoms with Crippen LogP contribution in [0.5, 0.6) is 11.5 Å². The van der Waals surface area contributed by atoms with Crippen molar-refractivity contribution in [3.63, 3.8) is 0 Å². The number of ether oxygens (including phenoxy) is 2. The Hall–Kier alpha value is -3.74. The van der Waals surface area contributed by atoms with Crippen molar-refractivity contribution in [2.24, 2.45) is 0 Å². The van der Waals surface area contributed by atoms with Crippen molar-refractivity contribution >= 4 is 23.0 Å². The molecule has 2 heterocycles. The third-order valence-electron chi connectivity index (χ3n) is 5.20.